The van der Waals surface area contributed by atoms with Crippen molar-refractivity contribution in [1.29, 1.82) is 0 Å². The standard InChI is InChI=1S/C25H24F6N4O6/c1-34(22(38)32-9-11-39-12-10-36)21-20(15-37)35(14-16-5-7-17(8-6-16)24(26,27)28)23(33-21)40-18-3-2-4-19(13-18)41-25(29,30)31/h2-8,13,15,36H,9-12,14H2,1H3,(H,32,38). The number of aliphatic hydroxyl groups excluding tert-OH is 1. The van der Waals surface area contributed by atoms with Gasteiger partial charge in [0.2, 0.25) is 0 Å². The van der Waals surface area contributed by atoms with Gasteiger partial charge in [-0.2, -0.15) is 18.2 Å². The number of aliphatic hydroxyl groups is 1. The van der Waals surface area contributed by atoms with E-state index in [0.717, 1.165) is 33.7 Å². The van der Waals surface area contributed by atoms with E-state index in [1.54, 1.807) is 0 Å². The molecule has 0 aliphatic carbocycles. The van der Waals surface area contributed by atoms with Crippen LogP contribution < -0.4 is 19.7 Å². The number of hydrogen-bond donors (Lipinski definition) is 2. The van der Waals surface area contributed by atoms with Crippen molar-refractivity contribution in [3.05, 3.63) is 65.4 Å². The summed E-state index contributed by atoms with van der Waals surface area (Å²) in [6.07, 6.45) is -9.21. The Kier molecular flexibility index (Phi) is 10.2. The summed E-state index contributed by atoms with van der Waals surface area (Å²) in [6.45, 7) is -0.279. The molecule has 0 fully saturated rings. The monoisotopic (exact) mass is 590 g/mol. The molecule has 0 spiro atoms. The summed E-state index contributed by atoms with van der Waals surface area (Å²) in [4.78, 5) is 30.0. The average molecular weight is 590 g/mol. The Morgan fingerprint density at radius 2 is 1.76 bits per heavy atom. The van der Waals surface area contributed by atoms with Gasteiger partial charge in [0, 0.05) is 19.7 Å². The molecule has 1 heterocycles. The van der Waals surface area contributed by atoms with E-state index in [-0.39, 0.29) is 61.7 Å². The number of amides is 2. The lowest BCUT2D eigenvalue weighted by atomic mass is 10.1. The Morgan fingerprint density at radius 3 is 2.37 bits per heavy atom. The molecule has 3 rings (SSSR count). The Hall–Kier alpha value is -4.31. The van der Waals surface area contributed by atoms with Gasteiger partial charge in [0.05, 0.1) is 31.9 Å². The highest BCUT2D eigenvalue weighted by Gasteiger charge is 2.32. The number of alkyl halides is 6. The number of hydrogen-bond acceptors (Lipinski definition) is 7. The predicted molar refractivity (Wildman–Crippen MR) is 131 cm³/mol. The summed E-state index contributed by atoms with van der Waals surface area (Å²) >= 11 is 0. The minimum atomic E-state index is -4.98. The molecule has 0 saturated heterocycles. The fourth-order valence-electron chi connectivity index (χ4n) is 3.46. The zero-order valence-corrected chi connectivity index (χ0v) is 21.3. The van der Waals surface area contributed by atoms with Crippen LogP contribution in [0.5, 0.6) is 17.5 Å². The number of rotatable bonds is 12. The number of nitrogens with zero attached hydrogens (tertiary/aromatic N) is 3. The van der Waals surface area contributed by atoms with Gasteiger partial charge in [-0.3, -0.25) is 14.3 Å². The third kappa shape index (κ3) is 8.84. The van der Waals surface area contributed by atoms with Gasteiger partial charge in [0.15, 0.2) is 12.1 Å². The normalized spacial score (nSPS) is 11.7. The maximum Gasteiger partial charge on any atom is 0.573 e. The van der Waals surface area contributed by atoms with Crippen LogP contribution in [0.3, 0.4) is 0 Å². The molecule has 0 bridgehead atoms. The summed E-state index contributed by atoms with van der Waals surface area (Å²) in [5, 5.41) is 11.3. The molecule has 10 nitrogen and oxygen atoms in total. The molecule has 3 aromatic rings. The zero-order chi connectivity index (χ0) is 30.2. The minimum Gasteiger partial charge on any atom is -0.425 e. The van der Waals surface area contributed by atoms with E-state index in [4.69, 9.17) is 14.6 Å². The number of imidazole rings is 1. The molecule has 41 heavy (non-hydrogen) atoms. The van der Waals surface area contributed by atoms with E-state index < -0.39 is 29.9 Å². The van der Waals surface area contributed by atoms with Crippen molar-refractivity contribution in [3.8, 4) is 17.5 Å². The van der Waals surface area contributed by atoms with E-state index in [0.29, 0.717) is 6.29 Å². The number of ether oxygens (including phenoxy) is 3. The number of benzene rings is 2. The molecule has 0 radical (unpaired) electrons. The van der Waals surface area contributed by atoms with Crippen LogP contribution in [-0.2, 0) is 17.5 Å². The highest BCUT2D eigenvalue weighted by atomic mass is 19.4. The van der Waals surface area contributed by atoms with Gasteiger partial charge in [0.25, 0.3) is 0 Å². The molecule has 2 aromatic carbocycles. The maximum absolute atomic E-state index is 13.0. The first-order valence-electron chi connectivity index (χ1n) is 11.8. The lowest BCUT2D eigenvalue weighted by molar-refractivity contribution is -0.274. The Labute approximate surface area is 229 Å². The summed E-state index contributed by atoms with van der Waals surface area (Å²) in [6, 6.07) is 7.37. The molecule has 16 heteroatoms. The van der Waals surface area contributed by atoms with Gasteiger partial charge in [-0.25, -0.2) is 4.79 Å². The number of halogens is 6. The zero-order valence-electron chi connectivity index (χ0n) is 21.3. The number of aldehydes is 1. The van der Waals surface area contributed by atoms with Crippen LogP contribution in [0, 0.1) is 0 Å². The van der Waals surface area contributed by atoms with Gasteiger partial charge >= 0.3 is 24.6 Å². The van der Waals surface area contributed by atoms with Crippen molar-refractivity contribution < 1.29 is 55.2 Å². The van der Waals surface area contributed by atoms with Crippen LogP contribution in [0.1, 0.15) is 21.6 Å². The van der Waals surface area contributed by atoms with Crippen LogP contribution in [0.15, 0.2) is 48.5 Å². The fraction of sp³-hybridized carbons (Fsp3) is 0.320. The molecule has 0 saturated carbocycles. The topological polar surface area (TPSA) is 115 Å². The third-order valence-electron chi connectivity index (χ3n) is 5.31. The summed E-state index contributed by atoms with van der Waals surface area (Å²) in [7, 11) is 1.28. The second-order valence-electron chi connectivity index (χ2n) is 8.25. The van der Waals surface area contributed by atoms with Crippen LogP contribution in [0.25, 0.3) is 0 Å². The number of anilines is 1. The number of nitrogens with one attached hydrogen (secondary N) is 1. The van der Waals surface area contributed by atoms with Crippen molar-refractivity contribution in [2.45, 2.75) is 19.1 Å². The van der Waals surface area contributed by atoms with E-state index in [9.17, 15) is 35.9 Å². The third-order valence-corrected chi connectivity index (χ3v) is 5.31. The van der Waals surface area contributed by atoms with Gasteiger partial charge in [-0.15, -0.1) is 13.2 Å². The SMILES string of the molecule is CN(C(=O)NCCOCCO)c1nc(Oc2cccc(OC(F)(F)F)c2)n(Cc2ccc(C(F)(F)F)cc2)c1C=O. The second kappa shape index (κ2) is 13.4. The number of carbonyl (C=O) groups excluding carboxylic acids is 2. The van der Waals surface area contributed by atoms with Gasteiger partial charge in [-0.05, 0) is 29.8 Å². The molecule has 2 N–H and O–H groups in total. The maximum atomic E-state index is 13.0. The number of urea groups is 1. The smallest absolute Gasteiger partial charge is 0.425 e. The van der Waals surface area contributed by atoms with Crippen LogP contribution in [0.2, 0.25) is 0 Å². The fourth-order valence-corrected chi connectivity index (χ4v) is 3.46. The quantitative estimate of drug-likeness (QED) is 0.180. The Balaban J connectivity index is 1.96. The summed E-state index contributed by atoms with van der Waals surface area (Å²) in [5.74, 6) is -0.993. The van der Waals surface area contributed by atoms with Gasteiger partial charge < -0.3 is 24.6 Å². The van der Waals surface area contributed by atoms with Crippen molar-refractivity contribution in [3.63, 3.8) is 0 Å². The van der Waals surface area contributed by atoms with Crippen LogP contribution in [-0.4, -0.2) is 66.8 Å². The summed E-state index contributed by atoms with van der Waals surface area (Å²) < 4.78 is 92.8. The lowest BCUT2D eigenvalue weighted by Crippen LogP contribution is -2.39. The van der Waals surface area contributed by atoms with Crippen molar-refractivity contribution in [2.24, 2.45) is 0 Å². The molecular weight excluding hydrogens is 566 g/mol. The molecule has 0 aliphatic rings. The van der Waals surface area contributed by atoms with E-state index in [1.165, 1.54) is 31.3 Å². The number of aromatic nitrogens is 2. The van der Waals surface area contributed by atoms with E-state index in [2.05, 4.69) is 15.0 Å². The van der Waals surface area contributed by atoms with Crippen molar-refractivity contribution in [2.75, 3.05) is 38.3 Å². The molecule has 2 amide bonds. The van der Waals surface area contributed by atoms with E-state index in [1.807, 2.05) is 0 Å². The highest BCUT2D eigenvalue weighted by molar-refractivity contribution is 5.95. The highest BCUT2D eigenvalue weighted by Crippen LogP contribution is 2.33. The molecule has 0 atom stereocenters. The summed E-state index contributed by atoms with van der Waals surface area (Å²) in [5.41, 5.74) is -0.825. The minimum absolute atomic E-state index is 0.0429. The Bertz CT molecular complexity index is 1330. The molecule has 1 aromatic heterocycles. The van der Waals surface area contributed by atoms with Crippen LogP contribution >= 0.6 is 0 Å². The van der Waals surface area contributed by atoms with Gasteiger partial charge in [0.1, 0.15) is 17.2 Å². The van der Waals surface area contributed by atoms with Crippen LogP contribution in [0.4, 0.5) is 37.0 Å². The van der Waals surface area contributed by atoms with Gasteiger partial charge in [-0.1, -0.05) is 18.2 Å². The molecule has 0 unspecified atom stereocenters. The number of carbonyl (C=O) groups is 2. The van der Waals surface area contributed by atoms with Crippen molar-refractivity contribution in [1.82, 2.24) is 14.9 Å². The predicted octanol–water partition coefficient (Wildman–Crippen LogP) is 4.61. The molecular formula is C25H24F6N4O6. The first-order valence-corrected chi connectivity index (χ1v) is 11.8. The largest absolute Gasteiger partial charge is 0.573 e. The lowest BCUT2D eigenvalue weighted by Gasteiger charge is -2.16. The molecule has 0 aliphatic heterocycles. The first kappa shape index (κ1) is 31.2. The second-order valence-corrected chi connectivity index (χ2v) is 8.25. The molecule has 222 valence electrons. The average Bonchev–Trinajstić information content (AvgIpc) is 3.23. The first-order chi connectivity index (χ1) is 19.3. The van der Waals surface area contributed by atoms with Crippen molar-refractivity contribution >= 4 is 18.1 Å². The van der Waals surface area contributed by atoms with E-state index >= 15 is 0 Å². The Morgan fingerprint density at radius 1 is 1.07 bits per heavy atom.